The maximum absolute atomic E-state index is 5.94. The molecule has 0 unspecified atom stereocenters. The maximum Gasteiger partial charge on any atom is 0.123 e. The molecule has 0 saturated heterocycles. The zero-order valence-corrected chi connectivity index (χ0v) is 15.4. The van der Waals surface area contributed by atoms with Crippen molar-refractivity contribution in [2.75, 3.05) is 0 Å². The van der Waals surface area contributed by atoms with Crippen LogP contribution < -0.4 is 5.73 Å². The fraction of sp³-hybridized carbons (Fsp3) is 0.381. The molecule has 0 aliphatic heterocycles. The van der Waals surface area contributed by atoms with Crippen molar-refractivity contribution in [3.05, 3.63) is 64.5 Å². The van der Waals surface area contributed by atoms with E-state index in [2.05, 4.69) is 75.6 Å². The molecule has 0 saturated carbocycles. The number of hydrogen-bond donors (Lipinski definition) is 1. The van der Waals surface area contributed by atoms with Gasteiger partial charge in [0, 0.05) is 6.54 Å². The molecular formula is C21H27N3. The van der Waals surface area contributed by atoms with Gasteiger partial charge in [0.05, 0.1) is 17.6 Å². The van der Waals surface area contributed by atoms with E-state index in [4.69, 9.17) is 10.7 Å². The smallest absolute Gasteiger partial charge is 0.123 e. The summed E-state index contributed by atoms with van der Waals surface area (Å²) in [6, 6.07) is 13.3. The van der Waals surface area contributed by atoms with Gasteiger partial charge in [0.1, 0.15) is 5.82 Å². The van der Waals surface area contributed by atoms with Gasteiger partial charge in [-0.15, -0.1) is 0 Å². The van der Waals surface area contributed by atoms with E-state index in [9.17, 15) is 0 Å². The molecule has 3 heteroatoms. The monoisotopic (exact) mass is 321 g/mol. The van der Waals surface area contributed by atoms with Gasteiger partial charge in [-0.2, -0.15) is 0 Å². The van der Waals surface area contributed by atoms with E-state index in [0.717, 1.165) is 17.9 Å². The van der Waals surface area contributed by atoms with Crippen LogP contribution in [0.1, 0.15) is 48.8 Å². The van der Waals surface area contributed by atoms with Gasteiger partial charge in [0.15, 0.2) is 0 Å². The van der Waals surface area contributed by atoms with Crippen molar-refractivity contribution in [3.8, 4) is 0 Å². The molecule has 2 N–H and O–H groups in total. The number of aromatic nitrogens is 2. The van der Waals surface area contributed by atoms with Gasteiger partial charge in [-0.05, 0) is 53.6 Å². The number of nitrogens with two attached hydrogens (primary N) is 1. The minimum Gasteiger partial charge on any atom is -0.324 e. The second-order valence-corrected chi connectivity index (χ2v) is 7.69. The lowest BCUT2D eigenvalue weighted by molar-refractivity contribution is 0.589. The topological polar surface area (TPSA) is 43.8 Å². The molecule has 0 fully saturated rings. The summed E-state index contributed by atoms with van der Waals surface area (Å²) in [6.45, 7) is 12.2. The van der Waals surface area contributed by atoms with Gasteiger partial charge >= 0.3 is 0 Å². The van der Waals surface area contributed by atoms with Crippen LogP contribution in [0.15, 0.2) is 36.4 Å². The molecule has 0 spiro atoms. The molecule has 2 aromatic carbocycles. The van der Waals surface area contributed by atoms with Crippen LogP contribution in [-0.4, -0.2) is 9.55 Å². The molecule has 24 heavy (non-hydrogen) atoms. The molecule has 0 amide bonds. The van der Waals surface area contributed by atoms with Crippen molar-refractivity contribution in [1.29, 1.82) is 0 Å². The van der Waals surface area contributed by atoms with Crippen LogP contribution in [0, 0.1) is 13.8 Å². The molecule has 0 atom stereocenters. The van der Waals surface area contributed by atoms with Gasteiger partial charge < -0.3 is 10.3 Å². The van der Waals surface area contributed by atoms with Crippen molar-refractivity contribution in [2.45, 2.75) is 53.1 Å². The quantitative estimate of drug-likeness (QED) is 0.774. The molecule has 0 aliphatic carbocycles. The molecule has 126 valence electrons. The predicted octanol–water partition coefficient (Wildman–Crippen LogP) is 4.46. The average molecular weight is 321 g/mol. The summed E-state index contributed by atoms with van der Waals surface area (Å²) >= 11 is 0. The van der Waals surface area contributed by atoms with Crippen molar-refractivity contribution in [2.24, 2.45) is 5.73 Å². The number of benzene rings is 2. The number of imidazole rings is 1. The highest BCUT2D eigenvalue weighted by Gasteiger charge is 2.14. The van der Waals surface area contributed by atoms with Crippen molar-refractivity contribution >= 4 is 11.0 Å². The molecule has 0 aliphatic rings. The first kappa shape index (κ1) is 16.7. The Balaban J connectivity index is 2.01. The molecular weight excluding hydrogens is 294 g/mol. The lowest BCUT2D eigenvalue weighted by Crippen LogP contribution is -2.12. The predicted molar refractivity (Wildman–Crippen MR) is 101 cm³/mol. The fourth-order valence-corrected chi connectivity index (χ4v) is 3.05. The minimum atomic E-state index is 0.178. The zero-order chi connectivity index (χ0) is 17.5. The summed E-state index contributed by atoms with van der Waals surface area (Å²) < 4.78 is 2.24. The molecule has 3 rings (SSSR count). The van der Waals surface area contributed by atoms with Crippen molar-refractivity contribution < 1.29 is 0 Å². The van der Waals surface area contributed by atoms with Crippen LogP contribution in [0.5, 0.6) is 0 Å². The highest BCUT2D eigenvalue weighted by molar-refractivity contribution is 5.78. The third-order valence-corrected chi connectivity index (χ3v) is 4.79. The van der Waals surface area contributed by atoms with E-state index in [1.807, 2.05) is 0 Å². The Morgan fingerprint density at radius 1 is 1.00 bits per heavy atom. The van der Waals surface area contributed by atoms with Crippen LogP contribution in [0.4, 0.5) is 0 Å². The van der Waals surface area contributed by atoms with E-state index in [0.29, 0.717) is 6.54 Å². The maximum atomic E-state index is 5.94. The Labute approximate surface area is 144 Å². The van der Waals surface area contributed by atoms with Crippen LogP contribution in [0.25, 0.3) is 11.0 Å². The molecule has 1 aromatic heterocycles. The van der Waals surface area contributed by atoms with Gasteiger partial charge in [-0.3, -0.25) is 0 Å². The summed E-state index contributed by atoms with van der Waals surface area (Å²) in [5.41, 5.74) is 13.5. The van der Waals surface area contributed by atoms with E-state index in [-0.39, 0.29) is 5.41 Å². The van der Waals surface area contributed by atoms with Gasteiger partial charge in [0.2, 0.25) is 0 Å². The van der Waals surface area contributed by atoms with E-state index >= 15 is 0 Å². The van der Waals surface area contributed by atoms with E-state index in [1.54, 1.807) is 0 Å². The van der Waals surface area contributed by atoms with E-state index in [1.165, 1.54) is 27.8 Å². The molecule has 3 aromatic rings. The Kier molecular flexibility index (Phi) is 4.22. The van der Waals surface area contributed by atoms with Gasteiger partial charge in [-0.25, -0.2) is 4.98 Å². The largest absolute Gasteiger partial charge is 0.324 e. The molecule has 1 heterocycles. The highest BCUT2D eigenvalue weighted by Crippen LogP contribution is 2.24. The van der Waals surface area contributed by atoms with Crippen molar-refractivity contribution in [1.82, 2.24) is 9.55 Å². The number of nitrogens with zero attached hydrogens (tertiary/aromatic N) is 2. The number of fused-ring (bicyclic) bond motifs is 1. The third-order valence-electron chi connectivity index (χ3n) is 4.79. The summed E-state index contributed by atoms with van der Waals surface area (Å²) in [5, 5.41) is 0. The normalized spacial score (nSPS) is 12.1. The van der Waals surface area contributed by atoms with Crippen LogP contribution >= 0.6 is 0 Å². The summed E-state index contributed by atoms with van der Waals surface area (Å²) in [7, 11) is 0. The third kappa shape index (κ3) is 3.09. The van der Waals surface area contributed by atoms with E-state index < -0.39 is 0 Å². The van der Waals surface area contributed by atoms with Gasteiger partial charge in [0.25, 0.3) is 0 Å². The summed E-state index contributed by atoms with van der Waals surface area (Å²) in [4.78, 5) is 4.72. The SMILES string of the molecule is Cc1cc2nc(CN)n(Cc3ccc(C(C)(C)C)cc3)c2cc1C. The Morgan fingerprint density at radius 2 is 1.62 bits per heavy atom. The lowest BCUT2D eigenvalue weighted by Gasteiger charge is -2.19. The Morgan fingerprint density at radius 3 is 2.21 bits per heavy atom. The van der Waals surface area contributed by atoms with Crippen LogP contribution in [0.2, 0.25) is 0 Å². The minimum absolute atomic E-state index is 0.178. The number of hydrogen-bond acceptors (Lipinski definition) is 2. The molecule has 3 nitrogen and oxygen atoms in total. The first-order valence-corrected chi connectivity index (χ1v) is 8.55. The molecule has 0 radical (unpaired) electrons. The van der Waals surface area contributed by atoms with Crippen LogP contribution in [0.3, 0.4) is 0 Å². The number of rotatable bonds is 3. The summed E-state index contributed by atoms with van der Waals surface area (Å²) in [5.74, 6) is 0.940. The zero-order valence-electron chi connectivity index (χ0n) is 15.4. The number of aryl methyl sites for hydroxylation is 2. The Bertz CT molecular complexity index is 865. The fourth-order valence-electron chi connectivity index (χ4n) is 3.05. The highest BCUT2D eigenvalue weighted by atomic mass is 15.1. The average Bonchev–Trinajstić information content (AvgIpc) is 2.85. The van der Waals surface area contributed by atoms with Gasteiger partial charge in [-0.1, -0.05) is 45.0 Å². The standard InChI is InChI=1S/C21H27N3/c1-14-10-18-19(11-15(14)2)24(20(12-22)23-18)13-16-6-8-17(9-7-16)21(3,4)5/h6-11H,12-13,22H2,1-5H3. The summed E-state index contributed by atoms with van der Waals surface area (Å²) in [6.07, 6.45) is 0. The molecule has 0 bridgehead atoms. The first-order chi connectivity index (χ1) is 11.3. The van der Waals surface area contributed by atoms with Crippen LogP contribution in [-0.2, 0) is 18.5 Å². The second kappa shape index (κ2) is 6.06. The second-order valence-electron chi connectivity index (χ2n) is 7.69. The Hall–Kier alpha value is -2.13. The first-order valence-electron chi connectivity index (χ1n) is 8.55. The van der Waals surface area contributed by atoms with Crippen molar-refractivity contribution in [3.63, 3.8) is 0 Å². The lowest BCUT2D eigenvalue weighted by atomic mass is 9.87.